The SMILES string of the molecule is CC(C)[C@@H](NC(=O)[C@H]1CCCN(S(C)(=O)=O)C1)c1ccccc1. The Balaban J connectivity index is 2.07. The number of nitrogens with one attached hydrogen (secondary N) is 1. The minimum Gasteiger partial charge on any atom is -0.349 e. The van der Waals surface area contributed by atoms with E-state index in [1.54, 1.807) is 0 Å². The molecule has 0 saturated carbocycles. The van der Waals surface area contributed by atoms with E-state index in [0.29, 0.717) is 6.54 Å². The van der Waals surface area contributed by atoms with Gasteiger partial charge >= 0.3 is 0 Å². The first-order valence-electron chi connectivity index (χ1n) is 8.09. The van der Waals surface area contributed by atoms with Crippen molar-refractivity contribution in [2.45, 2.75) is 32.7 Å². The molecule has 2 atom stereocenters. The first kappa shape index (κ1) is 17.9. The summed E-state index contributed by atoms with van der Waals surface area (Å²) < 4.78 is 24.8. The van der Waals surface area contributed by atoms with Gasteiger partial charge < -0.3 is 5.32 Å². The lowest BCUT2D eigenvalue weighted by Gasteiger charge is -2.32. The summed E-state index contributed by atoms with van der Waals surface area (Å²) in [5, 5.41) is 3.11. The Hall–Kier alpha value is -1.40. The number of sulfonamides is 1. The molecule has 0 unspecified atom stereocenters. The maximum Gasteiger partial charge on any atom is 0.224 e. The fourth-order valence-electron chi connectivity index (χ4n) is 3.02. The second-order valence-corrected chi connectivity index (χ2v) is 8.58. The number of hydrogen-bond donors (Lipinski definition) is 1. The van der Waals surface area contributed by atoms with Crippen molar-refractivity contribution in [1.29, 1.82) is 0 Å². The van der Waals surface area contributed by atoms with Crippen LogP contribution >= 0.6 is 0 Å². The number of piperidine rings is 1. The van der Waals surface area contributed by atoms with Gasteiger partial charge in [0.25, 0.3) is 0 Å². The van der Waals surface area contributed by atoms with Gasteiger partial charge in [-0.25, -0.2) is 12.7 Å². The molecule has 1 aromatic rings. The van der Waals surface area contributed by atoms with Crippen molar-refractivity contribution < 1.29 is 13.2 Å². The molecule has 23 heavy (non-hydrogen) atoms. The monoisotopic (exact) mass is 338 g/mol. The second kappa shape index (κ2) is 7.45. The number of carbonyl (C=O) groups is 1. The van der Waals surface area contributed by atoms with Gasteiger partial charge in [-0.05, 0) is 24.3 Å². The maximum atomic E-state index is 12.6. The van der Waals surface area contributed by atoms with E-state index >= 15 is 0 Å². The number of benzene rings is 1. The van der Waals surface area contributed by atoms with E-state index in [0.717, 1.165) is 18.4 Å². The quantitative estimate of drug-likeness (QED) is 0.895. The Labute approximate surface area is 139 Å². The van der Waals surface area contributed by atoms with Crippen LogP contribution in [-0.2, 0) is 14.8 Å². The maximum absolute atomic E-state index is 12.6. The lowest BCUT2D eigenvalue weighted by atomic mass is 9.93. The van der Waals surface area contributed by atoms with E-state index in [1.807, 2.05) is 30.3 Å². The Morgan fingerprint density at radius 3 is 2.48 bits per heavy atom. The van der Waals surface area contributed by atoms with Gasteiger partial charge in [-0.15, -0.1) is 0 Å². The third kappa shape index (κ3) is 4.78. The molecule has 0 aliphatic carbocycles. The van der Waals surface area contributed by atoms with Crippen LogP contribution in [-0.4, -0.2) is 38.0 Å². The summed E-state index contributed by atoms with van der Waals surface area (Å²) in [6.45, 7) is 4.93. The van der Waals surface area contributed by atoms with Gasteiger partial charge in [0.1, 0.15) is 0 Å². The van der Waals surface area contributed by atoms with Crippen LogP contribution in [0.2, 0.25) is 0 Å². The van der Waals surface area contributed by atoms with E-state index in [-0.39, 0.29) is 30.3 Å². The Bertz CT molecular complexity index is 628. The molecular formula is C17H26N2O3S. The van der Waals surface area contributed by atoms with Gasteiger partial charge in [0.15, 0.2) is 0 Å². The minimum absolute atomic E-state index is 0.0547. The van der Waals surface area contributed by atoms with Gasteiger partial charge in [0, 0.05) is 13.1 Å². The van der Waals surface area contributed by atoms with Crippen LogP contribution in [0.3, 0.4) is 0 Å². The van der Waals surface area contributed by atoms with Crippen molar-refractivity contribution in [1.82, 2.24) is 9.62 Å². The summed E-state index contributed by atoms with van der Waals surface area (Å²) in [5.41, 5.74) is 1.08. The molecule has 1 heterocycles. The largest absolute Gasteiger partial charge is 0.349 e. The molecule has 6 heteroatoms. The number of rotatable bonds is 5. The van der Waals surface area contributed by atoms with E-state index < -0.39 is 10.0 Å². The van der Waals surface area contributed by atoms with E-state index in [4.69, 9.17) is 0 Å². The van der Waals surface area contributed by atoms with Crippen molar-refractivity contribution in [2.75, 3.05) is 19.3 Å². The molecule has 5 nitrogen and oxygen atoms in total. The van der Waals surface area contributed by atoms with Gasteiger partial charge in [-0.2, -0.15) is 0 Å². The van der Waals surface area contributed by atoms with Crippen LogP contribution in [0.15, 0.2) is 30.3 Å². The fraction of sp³-hybridized carbons (Fsp3) is 0.588. The number of nitrogens with zero attached hydrogens (tertiary/aromatic N) is 1. The van der Waals surface area contributed by atoms with Crippen molar-refractivity contribution in [3.05, 3.63) is 35.9 Å². The topological polar surface area (TPSA) is 66.5 Å². The summed E-state index contributed by atoms with van der Waals surface area (Å²) in [4.78, 5) is 12.6. The van der Waals surface area contributed by atoms with Crippen LogP contribution in [0.25, 0.3) is 0 Å². The summed E-state index contributed by atoms with van der Waals surface area (Å²) in [6, 6.07) is 9.83. The molecule has 128 valence electrons. The molecule has 0 bridgehead atoms. The zero-order valence-corrected chi connectivity index (χ0v) is 14.8. The molecular weight excluding hydrogens is 312 g/mol. The van der Waals surface area contributed by atoms with Crippen LogP contribution in [0.1, 0.15) is 38.3 Å². The minimum atomic E-state index is -3.24. The van der Waals surface area contributed by atoms with Crippen molar-refractivity contribution in [3.63, 3.8) is 0 Å². The number of carbonyl (C=O) groups excluding carboxylic acids is 1. The smallest absolute Gasteiger partial charge is 0.224 e. The molecule has 0 spiro atoms. The molecule has 1 amide bonds. The zero-order valence-electron chi connectivity index (χ0n) is 14.0. The average molecular weight is 338 g/mol. The van der Waals surface area contributed by atoms with Crippen molar-refractivity contribution >= 4 is 15.9 Å². The van der Waals surface area contributed by atoms with E-state index in [9.17, 15) is 13.2 Å². The lowest BCUT2D eigenvalue weighted by molar-refractivity contribution is -0.127. The number of hydrogen-bond acceptors (Lipinski definition) is 3. The van der Waals surface area contributed by atoms with Crippen LogP contribution in [0, 0.1) is 11.8 Å². The highest BCUT2D eigenvalue weighted by Crippen LogP contribution is 2.24. The second-order valence-electron chi connectivity index (χ2n) is 6.60. The van der Waals surface area contributed by atoms with Gasteiger partial charge in [0.2, 0.25) is 15.9 Å². The predicted molar refractivity (Wildman–Crippen MR) is 91.3 cm³/mol. The van der Waals surface area contributed by atoms with Crippen LogP contribution in [0.4, 0.5) is 0 Å². The first-order chi connectivity index (χ1) is 10.8. The van der Waals surface area contributed by atoms with Crippen molar-refractivity contribution in [2.24, 2.45) is 11.8 Å². The highest BCUT2D eigenvalue weighted by molar-refractivity contribution is 7.88. The van der Waals surface area contributed by atoms with Gasteiger partial charge in [0.05, 0.1) is 18.2 Å². The standard InChI is InChI=1S/C17H26N2O3S/c1-13(2)16(14-8-5-4-6-9-14)18-17(20)15-10-7-11-19(12-15)23(3,21)22/h4-6,8-9,13,15-16H,7,10-12H2,1-3H3,(H,18,20)/t15-,16+/m0/s1. The van der Waals surface area contributed by atoms with Crippen LogP contribution in [0.5, 0.6) is 0 Å². The molecule has 2 rings (SSSR count). The molecule has 1 N–H and O–H groups in total. The summed E-state index contributed by atoms with van der Waals surface area (Å²) in [6.07, 6.45) is 2.66. The molecule has 0 radical (unpaired) electrons. The van der Waals surface area contributed by atoms with E-state index in [1.165, 1.54) is 10.6 Å². The normalized spacial score (nSPS) is 21.1. The summed E-state index contributed by atoms with van der Waals surface area (Å²) in [5.74, 6) is -0.0692. The Kier molecular flexibility index (Phi) is 5.81. The average Bonchev–Trinajstić information content (AvgIpc) is 2.52. The third-order valence-electron chi connectivity index (χ3n) is 4.35. The highest BCUT2D eigenvalue weighted by Gasteiger charge is 2.31. The Morgan fingerprint density at radius 1 is 1.26 bits per heavy atom. The van der Waals surface area contributed by atoms with E-state index in [2.05, 4.69) is 19.2 Å². The fourth-order valence-corrected chi connectivity index (χ4v) is 3.94. The highest BCUT2D eigenvalue weighted by atomic mass is 32.2. The Morgan fingerprint density at radius 2 is 1.91 bits per heavy atom. The molecule has 0 aromatic heterocycles. The van der Waals surface area contributed by atoms with Crippen molar-refractivity contribution in [3.8, 4) is 0 Å². The predicted octanol–water partition coefficient (Wildman–Crippen LogP) is 2.17. The van der Waals surface area contributed by atoms with Crippen LogP contribution < -0.4 is 5.32 Å². The molecule has 1 aromatic carbocycles. The first-order valence-corrected chi connectivity index (χ1v) is 9.94. The molecule has 1 saturated heterocycles. The molecule has 1 fully saturated rings. The zero-order chi connectivity index (χ0) is 17.0. The molecule has 1 aliphatic rings. The third-order valence-corrected chi connectivity index (χ3v) is 5.62. The summed E-state index contributed by atoms with van der Waals surface area (Å²) in [7, 11) is -3.24. The lowest BCUT2D eigenvalue weighted by Crippen LogP contribution is -2.46. The van der Waals surface area contributed by atoms with Gasteiger partial charge in [-0.3, -0.25) is 4.79 Å². The molecule has 1 aliphatic heterocycles. The van der Waals surface area contributed by atoms with Gasteiger partial charge in [-0.1, -0.05) is 44.2 Å². The summed E-state index contributed by atoms with van der Waals surface area (Å²) >= 11 is 0. The number of amides is 1.